The predicted octanol–water partition coefficient (Wildman–Crippen LogP) is 8.68. The summed E-state index contributed by atoms with van der Waals surface area (Å²) in [4.78, 5) is 16.3. The molecular formula is C29H21F6NO2S. The summed E-state index contributed by atoms with van der Waals surface area (Å²) in [6.45, 7) is 1.11. The number of hydrogen-bond acceptors (Lipinski definition) is 3. The number of alkyl halides is 6. The number of carbonyl (C=O) groups excluding carboxylic acids is 1. The number of thiophene rings is 1. The molecule has 202 valence electrons. The summed E-state index contributed by atoms with van der Waals surface area (Å²) in [5, 5.41) is 1.77. The van der Waals surface area contributed by atoms with Gasteiger partial charge in [-0.2, -0.15) is 26.3 Å². The minimum atomic E-state index is -4.98. The van der Waals surface area contributed by atoms with E-state index in [1.165, 1.54) is 11.3 Å². The Morgan fingerprint density at radius 1 is 0.846 bits per heavy atom. The highest BCUT2D eigenvalue weighted by Crippen LogP contribution is 2.53. The van der Waals surface area contributed by atoms with Crippen LogP contribution in [0.25, 0.3) is 0 Å². The van der Waals surface area contributed by atoms with Crippen LogP contribution in [-0.2, 0) is 33.9 Å². The van der Waals surface area contributed by atoms with E-state index in [1.807, 2.05) is 6.07 Å². The number of anilines is 2. The number of rotatable bonds is 6. The van der Waals surface area contributed by atoms with Crippen molar-refractivity contribution < 1.29 is 35.9 Å². The second-order valence-corrected chi connectivity index (χ2v) is 10.3. The summed E-state index contributed by atoms with van der Waals surface area (Å²) in [7, 11) is 0. The molecule has 39 heavy (non-hydrogen) atoms. The third-order valence-electron chi connectivity index (χ3n) is 6.76. The molecule has 1 amide bonds. The van der Waals surface area contributed by atoms with Crippen molar-refractivity contribution in [2.24, 2.45) is 0 Å². The second kappa shape index (κ2) is 9.84. The van der Waals surface area contributed by atoms with Crippen molar-refractivity contribution in [3.05, 3.63) is 117 Å². The fraction of sp³-hybridized carbons (Fsp3) is 0.207. The third-order valence-corrected chi connectivity index (χ3v) is 7.67. The second-order valence-electron chi connectivity index (χ2n) is 9.32. The lowest BCUT2D eigenvalue weighted by atomic mass is 9.77. The first kappa shape index (κ1) is 27.0. The molecule has 0 spiro atoms. The SMILES string of the molecule is C[C@@]1([C@@H](OCc2cc(C(F)(F)F)cc(C(F)(F)F)c2)c2cccs2)C(=O)N(c2ccccc2)c2ccccc21. The Morgan fingerprint density at radius 3 is 2.05 bits per heavy atom. The van der Waals surface area contributed by atoms with Crippen LogP contribution >= 0.6 is 11.3 Å². The molecule has 1 aliphatic rings. The van der Waals surface area contributed by atoms with Crippen LogP contribution < -0.4 is 4.90 Å². The lowest BCUT2D eigenvalue weighted by Crippen LogP contribution is -2.41. The summed E-state index contributed by atoms with van der Waals surface area (Å²) < 4.78 is 86.7. The molecule has 0 bridgehead atoms. The highest BCUT2D eigenvalue weighted by molar-refractivity contribution is 7.10. The molecule has 3 aromatic carbocycles. The third kappa shape index (κ3) is 4.94. The average molecular weight is 562 g/mol. The Balaban J connectivity index is 1.58. The van der Waals surface area contributed by atoms with Gasteiger partial charge in [0.05, 0.1) is 23.4 Å². The fourth-order valence-corrected chi connectivity index (χ4v) is 5.81. The van der Waals surface area contributed by atoms with Crippen molar-refractivity contribution in [1.29, 1.82) is 0 Å². The summed E-state index contributed by atoms with van der Waals surface area (Å²) in [5.41, 5.74) is -2.60. The first-order valence-electron chi connectivity index (χ1n) is 11.8. The van der Waals surface area contributed by atoms with E-state index in [0.29, 0.717) is 33.9 Å². The van der Waals surface area contributed by atoms with Crippen LogP contribution in [0.3, 0.4) is 0 Å². The molecule has 0 aliphatic carbocycles. The maximum Gasteiger partial charge on any atom is 0.416 e. The van der Waals surface area contributed by atoms with E-state index in [1.54, 1.807) is 77.9 Å². The molecule has 5 rings (SSSR count). The van der Waals surface area contributed by atoms with Gasteiger partial charge in [-0.25, -0.2) is 0 Å². The first-order chi connectivity index (χ1) is 18.4. The molecule has 1 aliphatic heterocycles. The summed E-state index contributed by atoms with van der Waals surface area (Å²) in [6.07, 6.45) is -11.0. The van der Waals surface area contributed by atoms with E-state index in [2.05, 4.69) is 0 Å². The van der Waals surface area contributed by atoms with Gasteiger partial charge in [-0.3, -0.25) is 9.69 Å². The summed E-state index contributed by atoms with van der Waals surface area (Å²) >= 11 is 1.28. The van der Waals surface area contributed by atoms with Gasteiger partial charge in [0, 0.05) is 10.6 Å². The van der Waals surface area contributed by atoms with Gasteiger partial charge >= 0.3 is 12.4 Å². The first-order valence-corrected chi connectivity index (χ1v) is 12.7. The Kier molecular flexibility index (Phi) is 6.80. The fourth-order valence-electron chi connectivity index (χ4n) is 4.91. The molecule has 2 atom stereocenters. The summed E-state index contributed by atoms with van der Waals surface area (Å²) in [6, 6.07) is 20.9. The van der Waals surface area contributed by atoms with Gasteiger partial charge in [0.25, 0.3) is 0 Å². The van der Waals surface area contributed by atoms with E-state index in [4.69, 9.17) is 4.74 Å². The number of amides is 1. The Hall–Kier alpha value is -3.63. The molecule has 0 radical (unpaired) electrons. The van der Waals surface area contributed by atoms with E-state index in [9.17, 15) is 31.1 Å². The number of halogens is 6. The van der Waals surface area contributed by atoms with E-state index < -0.39 is 41.6 Å². The number of para-hydroxylation sites is 2. The number of hydrogen-bond donors (Lipinski definition) is 0. The van der Waals surface area contributed by atoms with Gasteiger partial charge in [-0.1, -0.05) is 42.5 Å². The zero-order valence-electron chi connectivity index (χ0n) is 20.4. The molecule has 2 heterocycles. The molecule has 0 saturated carbocycles. The highest BCUT2D eigenvalue weighted by atomic mass is 32.1. The van der Waals surface area contributed by atoms with Crippen LogP contribution in [0.5, 0.6) is 0 Å². The lowest BCUT2D eigenvalue weighted by molar-refractivity contribution is -0.143. The van der Waals surface area contributed by atoms with Crippen LogP contribution in [0.15, 0.2) is 90.3 Å². The molecule has 10 heteroatoms. The van der Waals surface area contributed by atoms with Gasteiger partial charge in [0.2, 0.25) is 5.91 Å². The zero-order chi connectivity index (χ0) is 28.0. The summed E-state index contributed by atoms with van der Waals surface area (Å²) in [5.74, 6) is -0.326. The minimum Gasteiger partial charge on any atom is -0.367 e. The van der Waals surface area contributed by atoms with Crippen molar-refractivity contribution in [1.82, 2.24) is 0 Å². The number of carbonyl (C=O) groups is 1. The Morgan fingerprint density at radius 2 is 1.46 bits per heavy atom. The van der Waals surface area contributed by atoms with Crippen LogP contribution in [0.2, 0.25) is 0 Å². The van der Waals surface area contributed by atoms with E-state index in [0.717, 1.165) is 0 Å². The topological polar surface area (TPSA) is 29.5 Å². The predicted molar refractivity (Wildman–Crippen MR) is 136 cm³/mol. The number of benzene rings is 3. The van der Waals surface area contributed by atoms with Crippen LogP contribution in [0, 0.1) is 0 Å². The molecule has 4 aromatic rings. The molecule has 0 fully saturated rings. The van der Waals surface area contributed by atoms with Gasteiger partial charge in [-0.15, -0.1) is 11.3 Å². The van der Waals surface area contributed by atoms with Crippen molar-refractivity contribution in [3.8, 4) is 0 Å². The zero-order valence-corrected chi connectivity index (χ0v) is 21.2. The monoisotopic (exact) mass is 561 g/mol. The van der Waals surface area contributed by atoms with Crippen LogP contribution in [0.1, 0.15) is 40.2 Å². The quantitative estimate of drug-likeness (QED) is 0.221. The molecule has 1 aromatic heterocycles. The molecule has 0 unspecified atom stereocenters. The maximum absolute atomic E-state index is 14.2. The smallest absolute Gasteiger partial charge is 0.367 e. The number of ether oxygens (including phenoxy) is 1. The Labute approximate surface area is 224 Å². The molecule has 0 N–H and O–H groups in total. The van der Waals surface area contributed by atoms with Gasteiger partial charge in [-0.05, 0) is 65.9 Å². The highest BCUT2D eigenvalue weighted by Gasteiger charge is 2.54. The largest absolute Gasteiger partial charge is 0.416 e. The average Bonchev–Trinajstić information content (AvgIpc) is 3.50. The van der Waals surface area contributed by atoms with Crippen molar-refractivity contribution in [2.75, 3.05) is 4.90 Å². The van der Waals surface area contributed by atoms with Crippen molar-refractivity contribution in [2.45, 2.75) is 37.4 Å². The number of fused-ring (bicyclic) bond motifs is 1. The number of nitrogens with zero attached hydrogens (tertiary/aromatic N) is 1. The van der Waals surface area contributed by atoms with Crippen LogP contribution in [-0.4, -0.2) is 5.91 Å². The van der Waals surface area contributed by atoms with E-state index in [-0.39, 0.29) is 17.5 Å². The molecule has 3 nitrogen and oxygen atoms in total. The van der Waals surface area contributed by atoms with Crippen molar-refractivity contribution in [3.63, 3.8) is 0 Å². The van der Waals surface area contributed by atoms with Gasteiger partial charge in [0.1, 0.15) is 11.5 Å². The van der Waals surface area contributed by atoms with E-state index >= 15 is 0 Å². The molecule has 0 saturated heterocycles. The van der Waals surface area contributed by atoms with Crippen LogP contribution in [0.4, 0.5) is 37.7 Å². The van der Waals surface area contributed by atoms with Gasteiger partial charge < -0.3 is 4.74 Å². The lowest BCUT2D eigenvalue weighted by Gasteiger charge is -2.33. The Bertz CT molecular complexity index is 1450. The minimum absolute atomic E-state index is 0.0794. The standard InChI is InChI=1S/C29H21F6NO2S/c1-27(22-10-5-6-11-23(22)36(26(27)37)21-8-3-2-4-9-21)25(24-12-7-13-39-24)38-17-18-14-19(28(30,31)32)16-20(15-18)29(33,34)35/h2-16,25H,17H2,1H3/t25-,27+/m0/s1. The van der Waals surface area contributed by atoms with Crippen molar-refractivity contribution >= 4 is 28.6 Å². The van der Waals surface area contributed by atoms with Gasteiger partial charge in [0.15, 0.2) is 0 Å². The molecular weight excluding hydrogens is 540 g/mol. The maximum atomic E-state index is 14.2. The normalized spacial score (nSPS) is 18.3.